The summed E-state index contributed by atoms with van der Waals surface area (Å²) in [5.74, 6) is 0.754. The van der Waals surface area contributed by atoms with Gasteiger partial charge in [-0.3, -0.25) is 4.79 Å². The minimum absolute atomic E-state index is 0.219. The summed E-state index contributed by atoms with van der Waals surface area (Å²) in [6.07, 6.45) is 5.83. The first-order chi connectivity index (χ1) is 16.9. The fraction of sp³-hybridized carbons (Fsp3) is 0.429. The van der Waals surface area contributed by atoms with E-state index in [1.807, 2.05) is 18.2 Å². The molecule has 2 aromatic rings. The third-order valence-electron chi connectivity index (χ3n) is 8.16. The number of hydrogen-bond acceptors (Lipinski definition) is 7. The molecule has 182 valence electrons. The summed E-state index contributed by atoms with van der Waals surface area (Å²) in [6.45, 7) is 2.72. The van der Waals surface area contributed by atoms with Gasteiger partial charge >= 0.3 is 11.9 Å². The van der Waals surface area contributed by atoms with E-state index in [1.165, 1.54) is 25.2 Å². The molecule has 5 atom stereocenters. The Morgan fingerprint density at radius 1 is 1.20 bits per heavy atom. The van der Waals surface area contributed by atoms with Crippen LogP contribution in [0.15, 0.2) is 48.6 Å². The maximum absolute atomic E-state index is 11.9. The third-order valence-corrected chi connectivity index (χ3v) is 8.16. The Morgan fingerprint density at radius 2 is 2.06 bits per heavy atom. The van der Waals surface area contributed by atoms with Crippen LogP contribution in [0.1, 0.15) is 40.4 Å². The van der Waals surface area contributed by atoms with Gasteiger partial charge in [0.15, 0.2) is 11.5 Å². The van der Waals surface area contributed by atoms with Crippen molar-refractivity contribution in [1.82, 2.24) is 4.90 Å². The molecule has 2 heterocycles. The molecule has 2 aliphatic heterocycles. The smallest absolute Gasteiger partial charge is 0.337 e. The van der Waals surface area contributed by atoms with E-state index in [9.17, 15) is 9.59 Å². The molecule has 1 fully saturated rings. The van der Waals surface area contributed by atoms with E-state index in [0.717, 1.165) is 24.9 Å². The molecule has 35 heavy (non-hydrogen) atoms. The monoisotopic (exact) mass is 475 g/mol. The zero-order valence-corrected chi connectivity index (χ0v) is 20.2. The number of piperidine rings is 1. The van der Waals surface area contributed by atoms with Crippen LogP contribution in [-0.4, -0.2) is 55.8 Å². The van der Waals surface area contributed by atoms with Crippen LogP contribution in [0.5, 0.6) is 11.5 Å². The zero-order valence-electron chi connectivity index (χ0n) is 20.2. The summed E-state index contributed by atoms with van der Waals surface area (Å²) >= 11 is 0. The van der Waals surface area contributed by atoms with E-state index in [-0.39, 0.29) is 29.6 Å². The average Bonchev–Trinajstić information content (AvgIpc) is 3.21. The van der Waals surface area contributed by atoms with Crippen LogP contribution in [-0.2, 0) is 32.7 Å². The number of nitrogens with zero attached hydrogens (tertiary/aromatic N) is 1. The van der Waals surface area contributed by atoms with Gasteiger partial charge in [0, 0.05) is 29.9 Å². The normalized spacial score (nSPS) is 29.8. The van der Waals surface area contributed by atoms with Crippen molar-refractivity contribution in [3.8, 4) is 11.5 Å². The molecule has 0 saturated carbocycles. The van der Waals surface area contributed by atoms with Crippen molar-refractivity contribution in [1.29, 1.82) is 0 Å². The number of methoxy groups -OCH3 is 1. The Balaban J connectivity index is 1.36. The molecule has 6 rings (SSSR count). The van der Waals surface area contributed by atoms with Crippen molar-refractivity contribution in [2.24, 2.45) is 5.92 Å². The standard InChI is InChI=1S/C28H29NO6/c1-16(30)34-22-9-7-18-14-21-20-8-10-23(33-15-17-5-4-6-19(13-17)27(31)32-3)26-28(20,11-12-29(21)2)24(18)25(22)35-26/h4-10,13,20-21,23,26H,11-12,14-15H2,1-3H3/t20-,21+,23-,26-,28-/m0/s1. The summed E-state index contributed by atoms with van der Waals surface area (Å²) in [5.41, 5.74) is 3.63. The van der Waals surface area contributed by atoms with Crippen molar-refractivity contribution in [3.05, 3.63) is 70.8 Å². The third kappa shape index (κ3) is 3.32. The van der Waals surface area contributed by atoms with Gasteiger partial charge in [-0.25, -0.2) is 4.79 Å². The Kier molecular flexibility index (Phi) is 5.23. The van der Waals surface area contributed by atoms with Gasteiger partial charge in [0.05, 0.1) is 19.3 Å². The second-order valence-electron chi connectivity index (χ2n) is 9.98. The molecular weight excluding hydrogens is 446 g/mol. The maximum atomic E-state index is 11.9. The lowest BCUT2D eigenvalue weighted by molar-refractivity contribution is -0.132. The van der Waals surface area contributed by atoms with E-state index >= 15 is 0 Å². The number of carbonyl (C=O) groups is 2. The van der Waals surface area contributed by atoms with Gasteiger partial charge in [0.2, 0.25) is 0 Å². The molecule has 1 saturated heterocycles. The first kappa shape index (κ1) is 22.3. The van der Waals surface area contributed by atoms with Crippen LogP contribution in [0, 0.1) is 5.92 Å². The number of likely N-dealkylation sites (N-methyl/N-ethyl adjacent to an activating group) is 1. The molecule has 0 N–H and O–H groups in total. The average molecular weight is 476 g/mol. The van der Waals surface area contributed by atoms with Gasteiger partial charge < -0.3 is 23.8 Å². The van der Waals surface area contributed by atoms with Crippen molar-refractivity contribution in [2.75, 3.05) is 20.7 Å². The van der Waals surface area contributed by atoms with E-state index in [2.05, 4.69) is 30.2 Å². The number of carbonyl (C=O) groups excluding carboxylic acids is 2. The van der Waals surface area contributed by atoms with Crippen molar-refractivity contribution < 1.29 is 28.5 Å². The first-order valence-corrected chi connectivity index (χ1v) is 12.1. The van der Waals surface area contributed by atoms with E-state index in [4.69, 9.17) is 18.9 Å². The molecule has 0 unspecified atom stereocenters. The molecular formula is C28H29NO6. The number of likely N-dealkylation sites (tertiary alicyclic amines) is 1. The molecule has 2 bridgehead atoms. The van der Waals surface area contributed by atoms with Crippen LogP contribution >= 0.6 is 0 Å². The lowest BCUT2D eigenvalue weighted by atomic mass is 9.53. The van der Waals surface area contributed by atoms with Crippen LogP contribution in [0.25, 0.3) is 0 Å². The number of benzene rings is 2. The van der Waals surface area contributed by atoms with Gasteiger partial charge in [0.1, 0.15) is 12.2 Å². The predicted octanol–water partition coefficient (Wildman–Crippen LogP) is 3.43. The Hall–Kier alpha value is -3.16. The highest BCUT2D eigenvalue weighted by molar-refractivity contribution is 5.89. The van der Waals surface area contributed by atoms with Crippen LogP contribution in [0.3, 0.4) is 0 Å². The summed E-state index contributed by atoms with van der Waals surface area (Å²) in [5, 5.41) is 0. The van der Waals surface area contributed by atoms with Gasteiger partial charge in [-0.1, -0.05) is 30.4 Å². The molecule has 7 nitrogen and oxygen atoms in total. The highest BCUT2D eigenvalue weighted by atomic mass is 16.6. The summed E-state index contributed by atoms with van der Waals surface area (Å²) in [7, 11) is 3.58. The van der Waals surface area contributed by atoms with Crippen LogP contribution in [0.4, 0.5) is 0 Å². The Bertz CT molecular complexity index is 1240. The molecule has 0 aromatic heterocycles. The molecule has 4 aliphatic rings. The number of hydrogen-bond donors (Lipinski definition) is 0. The molecule has 7 heteroatoms. The molecule has 0 amide bonds. The predicted molar refractivity (Wildman–Crippen MR) is 128 cm³/mol. The summed E-state index contributed by atoms with van der Waals surface area (Å²) in [6, 6.07) is 11.6. The van der Waals surface area contributed by atoms with Gasteiger partial charge in [-0.15, -0.1) is 0 Å². The minimum Gasteiger partial charge on any atom is -0.482 e. The van der Waals surface area contributed by atoms with Crippen molar-refractivity contribution in [2.45, 2.75) is 50.0 Å². The lowest BCUT2D eigenvalue weighted by Gasteiger charge is -2.56. The number of rotatable bonds is 5. The zero-order chi connectivity index (χ0) is 24.3. The first-order valence-electron chi connectivity index (χ1n) is 12.1. The maximum Gasteiger partial charge on any atom is 0.337 e. The SMILES string of the molecule is COC(=O)c1cccc(CO[C@H]2C=C[C@H]3[C@H]4Cc5ccc(OC(C)=O)c6c5[C@@]3(CCN4C)[C@H]2O6)c1. The van der Waals surface area contributed by atoms with Crippen molar-refractivity contribution in [3.63, 3.8) is 0 Å². The fourth-order valence-electron chi connectivity index (χ4n) is 6.69. The highest BCUT2D eigenvalue weighted by Gasteiger charge is 2.64. The van der Waals surface area contributed by atoms with Crippen LogP contribution < -0.4 is 9.47 Å². The highest BCUT2D eigenvalue weighted by Crippen LogP contribution is 2.62. The van der Waals surface area contributed by atoms with E-state index in [0.29, 0.717) is 35.6 Å². The quantitative estimate of drug-likeness (QED) is 0.373. The lowest BCUT2D eigenvalue weighted by Crippen LogP contribution is -2.65. The van der Waals surface area contributed by atoms with Gasteiger partial charge in [-0.2, -0.15) is 0 Å². The van der Waals surface area contributed by atoms with Gasteiger partial charge in [0.25, 0.3) is 0 Å². The van der Waals surface area contributed by atoms with Crippen molar-refractivity contribution >= 4 is 11.9 Å². The Morgan fingerprint density at radius 3 is 2.86 bits per heavy atom. The summed E-state index contributed by atoms with van der Waals surface area (Å²) in [4.78, 5) is 26.2. The second-order valence-corrected chi connectivity index (χ2v) is 9.98. The second kappa shape index (κ2) is 8.21. The molecule has 1 spiro atoms. The van der Waals surface area contributed by atoms with Gasteiger partial charge in [-0.05, 0) is 55.8 Å². The molecule has 2 aromatic carbocycles. The minimum atomic E-state index is -0.370. The number of ether oxygens (including phenoxy) is 4. The van der Waals surface area contributed by atoms with Crippen LogP contribution in [0.2, 0.25) is 0 Å². The summed E-state index contributed by atoms with van der Waals surface area (Å²) < 4.78 is 23.5. The molecule has 2 aliphatic carbocycles. The van der Waals surface area contributed by atoms with E-state index < -0.39 is 0 Å². The Labute approximate surface area is 204 Å². The number of esters is 2. The molecule has 0 radical (unpaired) electrons. The van der Waals surface area contributed by atoms with E-state index in [1.54, 1.807) is 12.1 Å². The largest absolute Gasteiger partial charge is 0.482 e. The fourth-order valence-corrected chi connectivity index (χ4v) is 6.69. The topological polar surface area (TPSA) is 74.3 Å².